The van der Waals surface area contributed by atoms with Crippen LogP contribution in [0.15, 0.2) is 0 Å². The van der Waals surface area contributed by atoms with E-state index in [2.05, 4.69) is 0 Å². The molecule has 1 amide bonds. The molecule has 0 heterocycles. The second-order valence-electron chi connectivity index (χ2n) is 4.52. The highest BCUT2D eigenvalue weighted by Gasteiger charge is 2.12. The lowest BCUT2D eigenvalue weighted by Gasteiger charge is -2.05. The molecule has 1 N–H and O–H groups in total. The van der Waals surface area contributed by atoms with Crippen LogP contribution in [-0.4, -0.2) is 33.3 Å². The first-order valence-corrected chi connectivity index (χ1v) is 8.78. The SMILES string of the molecule is CCOCCCCCCCCS(=O)(=O)NC(=O)CC. The zero-order valence-electron chi connectivity index (χ0n) is 12.1. The largest absolute Gasteiger partial charge is 0.382 e. The Hall–Kier alpha value is -0.620. The van der Waals surface area contributed by atoms with E-state index in [-0.39, 0.29) is 12.2 Å². The Morgan fingerprint density at radius 1 is 1.00 bits per heavy atom. The fourth-order valence-corrected chi connectivity index (χ4v) is 2.82. The molecule has 0 aliphatic carbocycles. The quantitative estimate of drug-likeness (QED) is 0.560. The molecule has 5 nitrogen and oxygen atoms in total. The lowest BCUT2D eigenvalue weighted by Crippen LogP contribution is -2.31. The third-order valence-corrected chi connectivity index (χ3v) is 4.11. The Bertz CT molecular complexity index is 328. The molecule has 0 spiro atoms. The number of ether oxygens (including phenoxy) is 1. The van der Waals surface area contributed by atoms with E-state index in [0.29, 0.717) is 6.42 Å². The molecule has 0 atom stereocenters. The Balaban J connectivity index is 3.45. The summed E-state index contributed by atoms with van der Waals surface area (Å²) in [5.74, 6) is -0.395. The molecule has 0 radical (unpaired) electrons. The van der Waals surface area contributed by atoms with Gasteiger partial charge >= 0.3 is 0 Å². The second-order valence-corrected chi connectivity index (χ2v) is 6.36. The molecule has 0 bridgehead atoms. The maximum Gasteiger partial charge on any atom is 0.234 e. The molecule has 114 valence electrons. The van der Waals surface area contributed by atoms with E-state index in [1.54, 1.807) is 6.92 Å². The average molecular weight is 293 g/mol. The molecule has 19 heavy (non-hydrogen) atoms. The van der Waals surface area contributed by atoms with Crippen LogP contribution in [0.5, 0.6) is 0 Å². The summed E-state index contributed by atoms with van der Waals surface area (Å²) < 4.78 is 30.2. The lowest BCUT2D eigenvalue weighted by atomic mass is 10.1. The predicted molar refractivity (Wildman–Crippen MR) is 76.4 cm³/mol. The van der Waals surface area contributed by atoms with Crippen LogP contribution in [0.4, 0.5) is 0 Å². The summed E-state index contributed by atoms with van der Waals surface area (Å²) in [6.07, 6.45) is 6.02. The van der Waals surface area contributed by atoms with Crippen molar-refractivity contribution in [2.75, 3.05) is 19.0 Å². The van der Waals surface area contributed by atoms with Gasteiger partial charge in [0.1, 0.15) is 0 Å². The van der Waals surface area contributed by atoms with Gasteiger partial charge in [-0.25, -0.2) is 8.42 Å². The van der Waals surface area contributed by atoms with E-state index in [0.717, 1.165) is 45.3 Å². The minimum Gasteiger partial charge on any atom is -0.382 e. The molecular formula is C13H27NO4S. The molecule has 0 unspecified atom stereocenters. The number of hydrogen-bond donors (Lipinski definition) is 1. The predicted octanol–water partition coefficient (Wildman–Crippen LogP) is 2.22. The maximum absolute atomic E-state index is 11.5. The van der Waals surface area contributed by atoms with Crippen molar-refractivity contribution in [2.24, 2.45) is 0 Å². The van der Waals surface area contributed by atoms with Crippen LogP contribution in [-0.2, 0) is 19.6 Å². The van der Waals surface area contributed by atoms with E-state index in [1.807, 2.05) is 11.6 Å². The molecule has 0 aromatic rings. The van der Waals surface area contributed by atoms with Crippen LogP contribution < -0.4 is 4.72 Å². The standard InChI is InChI=1S/C13H27NO4S/c1-3-13(15)14-19(16,17)12-10-8-6-5-7-9-11-18-4-2/h3-12H2,1-2H3,(H,14,15). The number of unbranched alkanes of at least 4 members (excludes halogenated alkanes) is 5. The van der Waals surface area contributed by atoms with Crippen LogP contribution in [0, 0.1) is 0 Å². The van der Waals surface area contributed by atoms with E-state index < -0.39 is 15.9 Å². The first-order valence-electron chi connectivity index (χ1n) is 7.13. The third kappa shape index (κ3) is 12.2. The Morgan fingerprint density at radius 2 is 1.58 bits per heavy atom. The molecule has 0 saturated heterocycles. The minimum atomic E-state index is -3.42. The van der Waals surface area contributed by atoms with Crippen molar-refractivity contribution in [3.05, 3.63) is 0 Å². The van der Waals surface area contributed by atoms with Crippen LogP contribution in [0.25, 0.3) is 0 Å². The minimum absolute atomic E-state index is 0.0394. The summed E-state index contributed by atoms with van der Waals surface area (Å²) >= 11 is 0. The topological polar surface area (TPSA) is 72.5 Å². The Labute approximate surface area is 117 Å². The summed E-state index contributed by atoms with van der Waals surface area (Å²) in [7, 11) is -3.42. The normalized spacial score (nSPS) is 11.5. The van der Waals surface area contributed by atoms with Crippen LogP contribution in [0.3, 0.4) is 0 Å². The highest BCUT2D eigenvalue weighted by atomic mass is 32.2. The summed E-state index contributed by atoms with van der Waals surface area (Å²) in [6, 6.07) is 0. The van der Waals surface area contributed by atoms with Gasteiger partial charge in [0.2, 0.25) is 15.9 Å². The van der Waals surface area contributed by atoms with Crippen molar-refractivity contribution >= 4 is 15.9 Å². The summed E-state index contributed by atoms with van der Waals surface area (Å²) in [4.78, 5) is 11.0. The fourth-order valence-electron chi connectivity index (χ4n) is 1.64. The number of carbonyl (C=O) groups excluding carboxylic acids is 1. The highest BCUT2D eigenvalue weighted by molar-refractivity contribution is 7.90. The van der Waals surface area contributed by atoms with Gasteiger partial charge in [-0.1, -0.05) is 32.6 Å². The third-order valence-electron chi connectivity index (χ3n) is 2.75. The van der Waals surface area contributed by atoms with Crippen molar-refractivity contribution in [1.29, 1.82) is 0 Å². The number of nitrogens with one attached hydrogen (secondary N) is 1. The molecule has 0 aliphatic rings. The second kappa shape index (κ2) is 11.2. The van der Waals surface area contributed by atoms with E-state index in [1.165, 1.54) is 0 Å². The number of rotatable bonds is 12. The van der Waals surface area contributed by atoms with E-state index >= 15 is 0 Å². The van der Waals surface area contributed by atoms with Gasteiger partial charge in [0.25, 0.3) is 0 Å². The van der Waals surface area contributed by atoms with Gasteiger partial charge in [-0.15, -0.1) is 0 Å². The monoisotopic (exact) mass is 293 g/mol. The van der Waals surface area contributed by atoms with E-state index in [4.69, 9.17) is 4.74 Å². The molecule has 0 aromatic heterocycles. The van der Waals surface area contributed by atoms with Crippen molar-refractivity contribution in [2.45, 2.75) is 58.8 Å². The smallest absolute Gasteiger partial charge is 0.234 e. The Morgan fingerprint density at radius 3 is 2.16 bits per heavy atom. The Kier molecular flexibility index (Phi) is 10.9. The van der Waals surface area contributed by atoms with Gasteiger partial charge in [0, 0.05) is 19.6 Å². The highest BCUT2D eigenvalue weighted by Crippen LogP contribution is 2.06. The van der Waals surface area contributed by atoms with Gasteiger partial charge < -0.3 is 4.74 Å². The van der Waals surface area contributed by atoms with Crippen molar-refractivity contribution < 1.29 is 17.9 Å². The zero-order valence-corrected chi connectivity index (χ0v) is 12.9. The molecule has 0 aromatic carbocycles. The van der Waals surface area contributed by atoms with Gasteiger partial charge in [-0.2, -0.15) is 0 Å². The number of amides is 1. The van der Waals surface area contributed by atoms with Crippen molar-refractivity contribution in [3.8, 4) is 0 Å². The molecule has 6 heteroatoms. The molecule has 0 saturated carbocycles. The average Bonchev–Trinajstić information content (AvgIpc) is 2.36. The van der Waals surface area contributed by atoms with Gasteiger partial charge in [-0.05, 0) is 19.8 Å². The van der Waals surface area contributed by atoms with Crippen molar-refractivity contribution in [3.63, 3.8) is 0 Å². The summed E-state index contributed by atoms with van der Waals surface area (Å²) in [5.41, 5.74) is 0. The lowest BCUT2D eigenvalue weighted by molar-refractivity contribution is -0.119. The van der Waals surface area contributed by atoms with Gasteiger partial charge in [0.05, 0.1) is 5.75 Å². The molecule has 0 aliphatic heterocycles. The zero-order chi connectivity index (χ0) is 14.6. The number of sulfonamides is 1. The first-order chi connectivity index (χ1) is 9.02. The summed E-state index contributed by atoms with van der Waals surface area (Å²) in [6.45, 7) is 5.19. The number of hydrogen-bond acceptors (Lipinski definition) is 4. The van der Waals surface area contributed by atoms with Gasteiger partial charge in [0.15, 0.2) is 0 Å². The number of carbonyl (C=O) groups is 1. The van der Waals surface area contributed by atoms with Crippen LogP contribution in [0.1, 0.15) is 58.8 Å². The van der Waals surface area contributed by atoms with Gasteiger partial charge in [-0.3, -0.25) is 9.52 Å². The van der Waals surface area contributed by atoms with Crippen molar-refractivity contribution in [1.82, 2.24) is 4.72 Å². The maximum atomic E-state index is 11.5. The fraction of sp³-hybridized carbons (Fsp3) is 0.923. The molecular weight excluding hydrogens is 266 g/mol. The molecule has 0 fully saturated rings. The molecule has 0 rings (SSSR count). The first kappa shape index (κ1) is 18.4. The van der Waals surface area contributed by atoms with E-state index in [9.17, 15) is 13.2 Å². The summed E-state index contributed by atoms with van der Waals surface area (Å²) in [5, 5.41) is 0. The van der Waals surface area contributed by atoms with Crippen LogP contribution >= 0.6 is 0 Å². The van der Waals surface area contributed by atoms with Crippen LogP contribution in [0.2, 0.25) is 0 Å².